The molecular weight excluding hydrogens is 165 g/mol. The maximum Gasteiger partial charge on any atom is 0.0366 e. The summed E-state index contributed by atoms with van der Waals surface area (Å²) in [6.07, 6.45) is 0. The van der Waals surface area contributed by atoms with Gasteiger partial charge >= 0.3 is 0 Å². The Balaban J connectivity index is 2.80. The van der Waals surface area contributed by atoms with Gasteiger partial charge in [0, 0.05) is 18.8 Å². The highest BCUT2D eigenvalue weighted by Crippen LogP contribution is 2.11. The highest BCUT2D eigenvalue weighted by atomic mass is 31.0. The first-order valence-electron chi connectivity index (χ1n) is 4.38. The first-order chi connectivity index (χ1) is 5.77. The Morgan fingerprint density at radius 3 is 2.00 bits per heavy atom. The topological polar surface area (TPSA) is 3.24 Å². The van der Waals surface area contributed by atoms with Crippen LogP contribution in [0.5, 0.6) is 0 Å². The van der Waals surface area contributed by atoms with E-state index in [2.05, 4.69) is 52.3 Å². The van der Waals surface area contributed by atoms with Gasteiger partial charge in [-0.25, -0.2) is 0 Å². The standard InChI is InChI=1S/C10H16NP/c1-3-11(4-2)9-5-7-10(12)8-6-9/h5-8H,3-4,12H2,1-2H3. The third-order valence-electron chi connectivity index (χ3n) is 2.02. The second-order valence-electron chi connectivity index (χ2n) is 2.76. The summed E-state index contributed by atoms with van der Waals surface area (Å²) in [6, 6.07) is 8.57. The van der Waals surface area contributed by atoms with Crippen LogP contribution in [0.1, 0.15) is 13.8 Å². The lowest BCUT2D eigenvalue weighted by molar-refractivity contribution is 0.866. The third-order valence-corrected chi connectivity index (χ3v) is 2.41. The van der Waals surface area contributed by atoms with Gasteiger partial charge in [0.25, 0.3) is 0 Å². The van der Waals surface area contributed by atoms with E-state index in [1.165, 1.54) is 11.0 Å². The van der Waals surface area contributed by atoms with Crippen molar-refractivity contribution in [3.8, 4) is 0 Å². The summed E-state index contributed by atoms with van der Waals surface area (Å²) >= 11 is 0. The van der Waals surface area contributed by atoms with Crippen LogP contribution >= 0.6 is 9.24 Å². The fourth-order valence-corrected chi connectivity index (χ4v) is 1.47. The molecule has 0 aliphatic heterocycles. The predicted octanol–water partition coefficient (Wildman–Crippen LogP) is 2.03. The molecule has 66 valence electrons. The summed E-state index contributed by atoms with van der Waals surface area (Å²) in [6.45, 7) is 6.51. The maximum atomic E-state index is 2.70. The van der Waals surface area contributed by atoms with Gasteiger partial charge in [-0.05, 0) is 31.3 Å². The monoisotopic (exact) mass is 181 g/mol. The molecule has 1 aromatic rings. The lowest BCUT2D eigenvalue weighted by Gasteiger charge is -2.20. The van der Waals surface area contributed by atoms with E-state index in [4.69, 9.17) is 0 Å². The number of nitrogens with zero attached hydrogens (tertiary/aromatic N) is 1. The number of benzene rings is 1. The first kappa shape index (κ1) is 9.54. The normalized spacial score (nSPS) is 9.92. The molecule has 1 nitrogen and oxygen atoms in total. The van der Waals surface area contributed by atoms with Crippen LogP contribution < -0.4 is 10.2 Å². The summed E-state index contributed by atoms with van der Waals surface area (Å²) in [7, 11) is 2.70. The minimum Gasteiger partial charge on any atom is -0.372 e. The van der Waals surface area contributed by atoms with Gasteiger partial charge < -0.3 is 4.90 Å². The maximum absolute atomic E-state index is 2.70. The number of hydrogen-bond donors (Lipinski definition) is 0. The zero-order valence-electron chi connectivity index (χ0n) is 7.75. The lowest BCUT2D eigenvalue weighted by Crippen LogP contribution is -2.21. The fraction of sp³-hybridized carbons (Fsp3) is 0.400. The van der Waals surface area contributed by atoms with Crippen molar-refractivity contribution < 1.29 is 0 Å². The molecule has 0 saturated carbocycles. The van der Waals surface area contributed by atoms with Gasteiger partial charge in [-0.1, -0.05) is 12.1 Å². The molecule has 12 heavy (non-hydrogen) atoms. The molecule has 0 aromatic heterocycles. The Morgan fingerprint density at radius 2 is 1.58 bits per heavy atom. The van der Waals surface area contributed by atoms with E-state index in [0.717, 1.165) is 13.1 Å². The minimum atomic E-state index is 1.08. The lowest BCUT2D eigenvalue weighted by atomic mass is 10.3. The molecule has 0 bridgehead atoms. The number of hydrogen-bond acceptors (Lipinski definition) is 1. The number of rotatable bonds is 3. The Bertz CT molecular complexity index is 226. The third kappa shape index (κ3) is 2.22. The van der Waals surface area contributed by atoms with Crippen molar-refractivity contribution in [2.75, 3.05) is 18.0 Å². The van der Waals surface area contributed by atoms with Crippen molar-refractivity contribution in [1.29, 1.82) is 0 Å². The average Bonchev–Trinajstić information content (AvgIpc) is 2.10. The second kappa shape index (κ2) is 4.47. The summed E-state index contributed by atoms with van der Waals surface area (Å²) in [5, 5.41) is 1.24. The smallest absolute Gasteiger partial charge is 0.0366 e. The van der Waals surface area contributed by atoms with Crippen LogP contribution in [0.2, 0.25) is 0 Å². The molecule has 0 saturated heterocycles. The van der Waals surface area contributed by atoms with Gasteiger partial charge in [0.05, 0.1) is 0 Å². The van der Waals surface area contributed by atoms with E-state index in [-0.39, 0.29) is 0 Å². The number of anilines is 1. The fourth-order valence-electron chi connectivity index (χ4n) is 1.27. The highest BCUT2D eigenvalue weighted by molar-refractivity contribution is 7.27. The molecule has 0 radical (unpaired) electrons. The van der Waals surface area contributed by atoms with Gasteiger partial charge in [0.2, 0.25) is 0 Å². The predicted molar refractivity (Wildman–Crippen MR) is 59.3 cm³/mol. The van der Waals surface area contributed by atoms with E-state index >= 15 is 0 Å². The quantitative estimate of drug-likeness (QED) is 0.645. The van der Waals surface area contributed by atoms with Gasteiger partial charge in [-0.2, -0.15) is 0 Å². The average molecular weight is 181 g/mol. The minimum absolute atomic E-state index is 1.08. The molecule has 0 N–H and O–H groups in total. The SMILES string of the molecule is CCN(CC)c1ccc(P)cc1. The van der Waals surface area contributed by atoms with Crippen LogP contribution in [-0.2, 0) is 0 Å². The molecule has 0 heterocycles. The zero-order chi connectivity index (χ0) is 8.97. The van der Waals surface area contributed by atoms with E-state index in [0.29, 0.717) is 0 Å². The first-order valence-corrected chi connectivity index (χ1v) is 4.96. The van der Waals surface area contributed by atoms with E-state index < -0.39 is 0 Å². The molecule has 0 spiro atoms. The van der Waals surface area contributed by atoms with Crippen molar-refractivity contribution in [2.45, 2.75) is 13.8 Å². The van der Waals surface area contributed by atoms with Crippen LogP contribution in [0, 0.1) is 0 Å². The molecule has 2 heteroatoms. The zero-order valence-corrected chi connectivity index (χ0v) is 8.90. The Hall–Kier alpha value is -0.550. The molecule has 1 unspecified atom stereocenters. The van der Waals surface area contributed by atoms with Gasteiger partial charge in [-0.3, -0.25) is 0 Å². The second-order valence-corrected chi connectivity index (χ2v) is 3.43. The highest BCUT2D eigenvalue weighted by Gasteiger charge is 1.98. The summed E-state index contributed by atoms with van der Waals surface area (Å²) in [5.41, 5.74) is 1.31. The van der Waals surface area contributed by atoms with Crippen LogP contribution in [-0.4, -0.2) is 13.1 Å². The Morgan fingerprint density at radius 1 is 1.08 bits per heavy atom. The van der Waals surface area contributed by atoms with Gasteiger partial charge in [-0.15, -0.1) is 9.24 Å². The van der Waals surface area contributed by atoms with E-state index in [1.807, 2.05) is 0 Å². The van der Waals surface area contributed by atoms with Crippen LogP contribution in [0.3, 0.4) is 0 Å². The van der Waals surface area contributed by atoms with Crippen molar-refractivity contribution in [3.63, 3.8) is 0 Å². The summed E-state index contributed by atoms with van der Waals surface area (Å²) in [5.74, 6) is 0. The molecule has 0 aliphatic carbocycles. The molecule has 0 amide bonds. The van der Waals surface area contributed by atoms with Gasteiger partial charge in [0.15, 0.2) is 0 Å². The van der Waals surface area contributed by atoms with Crippen LogP contribution in [0.15, 0.2) is 24.3 Å². The van der Waals surface area contributed by atoms with Crippen molar-refractivity contribution in [2.24, 2.45) is 0 Å². The Labute approximate surface area is 77.0 Å². The largest absolute Gasteiger partial charge is 0.372 e. The Kier molecular flexibility index (Phi) is 3.55. The molecular formula is C10H16NP. The van der Waals surface area contributed by atoms with Crippen molar-refractivity contribution in [3.05, 3.63) is 24.3 Å². The van der Waals surface area contributed by atoms with E-state index in [9.17, 15) is 0 Å². The van der Waals surface area contributed by atoms with Crippen LogP contribution in [0.4, 0.5) is 5.69 Å². The summed E-state index contributed by atoms with van der Waals surface area (Å²) in [4.78, 5) is 2.34. The van der Waals surface area contributed by atoms with E-state index in [1.54, 1.807) is 0 Å². The van der Waals surface area contributed by atoms with Crippen molar-refractivity contribution in [1.82, 2.24) is 0 Å². The molecule has 0 fully saturated rings. The van der Waals surface area contributed by atoms with Gasteiger partial charge in [0.1, 0.15) is 0 Å². The molecule has 1 rings (SSSR count). The van der Waals surface area contributed by atoms with Crippen LogP contribution in [0.25, 0.3) is 0 Å². The molecule has 1 atom stereocenters. The van der Waals surface area contributed by atoms with Crippen molar-refractivity contribution >= 4 is 20.2 Å². The molecule has 0 aliphatic rings. The summed E-state index contributed by atoms with van der Waals surface area (Å²) < 4.78 is 0. The molecule has 1 aromatic carbocycles.